The van der Waals surface area contributed by atoms with E-state index in [1.807, 2.05) is 13.2 Å². The van der Waals surface area contributed by atoms with E-state index in [0.717, 1.165) is 5.04 Å². The predicted molar refractivity (Wildman–Crippen MR) is 73.5 cm³/mol. The lowest BCUT2D eigenvalue weighted by Crippen LogP contribution is -2.30. The first-order chi connectivity index (χ1) is 8.63. The molecule has 0 fully saturated rings. The minimum Gasteiger partial charge on any atom is -0.323 e. The fourth-order valence-corrected chi connectivity index (χ4v) is 2.81. The molecule has 0 spiro atoms. The highest BCUT2D eigenvalue weighted by atomic mass is 32.2. The van der Waals surface area contributed by atoms with E-state index in [4.69, 9.17) is 0 Å². The van der Waals surface area contributed by atoms with Gasteiger partial charge in [-0.05, 0) is 24.3 Å². The van der Waals surface area contributed by atoms with Gasteiger partial charge in [-0.2, -0.15) is 0 Å². The predicted octanol–water partition coefficient (Wildman–Crippen LogP) is 2.79. The monoisotopic (exact) mass is 266 g/mol. The number of nitrogens with one attached hydrogen (secondary N) is 1. The lowest BCUT2D eigenvalue weighted by atomic mass is 9.97. The number of anilines is 1. The number of amides is 1. The first-order valence-electron chi connectivity index (χ1n) is 5.77. The largest absolute Gasteiger partial charge is 0.323 e. The Morgan fingerprint density at radius 2 is 2.22 bits per heavy atom. The second-order valence-electron chi connectivity index (χ2n) is 4.31. The summed E-state index contributed by atoms with van der Waals surface area (Å²) in [5, 5.41) is 3.47. The van der Waals surface area contributed by atoms with Gasteiger partial charge in [-0.25, -0.2) is 4.39 Å². The first kappa shape index (κ1) is 13.1. The lowest BCUT2D eigenvalue weighted by Gasteiger charge is -2.16. The summed E-state index contributed by atoms with van der Waals surface area (Å²) >= 11 is 1.48. The normalized spacial score (nSPS) is 22.7. The average Bonchev–Trinajstić information content (AvgIpc) is 2.73. The maximum atomic E-state index is 13.5. The van der Waals surface area contributed by atoms with Crippen molar-refractivity contribution in [3.8, 4) is 0 Å². The first-order valence-corrected chi connectivity index (χ1v) is 6.99. The van der Waals surface area contributed by atoms with E-state index in [1.165, 1.54) is 17.8 Å². The molecule has 1 aromatic carbocycles. The fraction of sp³-hybridized carbons (Fsp3) is 0.385. The minimum absolute atomic E-state index is 0.166. The topological polar surface area (TPSA) is 41.5 Å². The number of hydrogen-bond acceptors (Lipinski definition) is 3. The molecule has 0 radical (unpaired) electrons. The van der Waals surface area contributed by atoms with Gasteiger partial charge >= 0.3 is 0 Å². The Labute approximate surface area is 110 Å². The molecule has 0 aromatic heterocycles. The molecule has 0 saturated heterocycles. The zero-order valence-corrected chi connectivity index (χ0v) is 11.1. The van der Waals surface area contributed by atoms with Crippen LogP contribution in [0.2, 0.25) is 0 Å². The molecule has 96 valence electrons. The third kappa shape index (κ3) is 2.56. The third-order valence-corrected chi connectivity index (χ3v) is 3.79. The molecular formula is C13H15FN2OS. The molecular weight excluding hydrogens is 251 g/mol. The van der Waals surface area contributed by atoms with Gasteiger partial charge in [-0.15, -0.1) is 11.8 Å². The number of carbonyl (C=O) groups is 1. The highest BCUT2D eigenvalue weighted by Crippen LogP contribution is 2.28. The second kappa shape index (κ2) is 5.52. The van der Waals surface area contributed by atoms with Crippen molar-refractivity contribution in [2.45, 2.75) is 6.92 Å². The fourth-order valence-electron chi connectivity index (χ4n) is 2.02. The SMILES string of the molecule is CSC1=NCC(C)C1C(=O)Nc1ccccc1F. The highest BCUT2D eigenvalue weighted by Gasteiger charge is 2.34. The van der Waals surface area contributed by atoms with Crippen LogP contribution in [0, 0.1) is 17.7 Å². The van der Waals surface area contributed by atoms with Crippen LogP contribution in [0.15, 0.2) is 29.3 Å². The van der Waals surface area contributed by atoms with Crippen molar-refractivity contribution in [3.63, 3.8) is 0 Å². The molecule has 1 aliphatic rings. The number of halogens is 1. The summed E-state index contributed by atoms with van der Waals surface area (Å²) in [5.41, 5.74) is 0.224. The number of benzene rings is 1. The summed E-state index contributed by atoms with van der Waals surface area (Å²) < 4.78 is 13.5. The number of thioether (sulfide) groups is 1. The smallest absolute Gasteiger partial charge is 0.234 e. The van der Waals surface area contributed by atoms with Crippen LogP contribution < -0.4 is 5.32 Å². The van der Waals surface area contributed by atoms with Crippen LogP contribution in [0.3, 0.4) is 0 Å². The number of nitrogens with zero attached hydrogens (tertiary/aromatic N) is 1. The number of carbonyl (C=O) groups excluding carboxylic acids is 1. The number of para-hydroxylation sites is 1. The molecule has 1 aromatic rings. The molecule has 1 N–H and O–H groups in total. The van der Waals surface area contributed by atoms with E-state index < -0.39 is 5.82 Å². The van der Waals surface area contributed by atoms with E-state index in [1.54, 1.807) is 18.2 Å². The molecule has 1 aliphatic heterocycles. The van der Waals surface area contributed by atoms with Gasteiger partial charge in [0, 0.05) is 6.54 Å². The summed E-state index contributed by atoms with van der Waals surface area (Å²) in [5.74, 6) is -0.698. The number of aliphatic imine (C=N–C) groups is 1. The highest BCUT2D eigenvalue weighted by molar-refractivity contribution is 8.13. The van der Waals surface area contributed by atoms with Crippen LogP contribution in [0.5, 0.6) is 0 Å². The Bertz CT molecular complexity index is 490. The summed E-state index contributed by atoms with van der Waals surface area (Å²) in [7, 11) is 0. The van der Waals surface area contributed by atoms with Crippen LogP contribution >= 0.6 is 11.8 Å². The van der Waals surface area contributed by atoms with Gasteiger partial charge in [0.2, 0.25) is 5.91 Å². The molecule has 2 unspecified atom stereocenters. The molecule has 18 heavy (non-hydrogen) atoms. The summed E-state index contributed by atoms with van der Waals surface area (Å²) in [6.07, 6.45) is 1.90. The van der Waals surface area contributed by atoms with Crippen molar-refractivity contribution >= 4 is 28.4 Å². The number of hydrogen-bond donors (Lipinski definition) is 1. The molecule has 1 heterocycles. The minimum atomic E-state index is -0.417. The van der Waals surface area contributed by atoms with Crippen molar-refractivity contribution in [3.05, 3.63) is 30.1 Å². The molecule has 0 aliphatic carbocycles. The van der Waals surface area contributed by atoms with Crippen molar-refractivity contribution < 1.29 is 9.18 Å². The third-order valence-electron chi connectivity index (χ3n) is 2.99. The van der Waals surface area contributed by atoms with Crippen LogP contribution in [0.25, 0.3) is 0 Å². The van der Waals surface area contributed by atoms with E-state index in [9.17, 15) is 9.18 Å². The van der Waals surface area contributed by atoms with E-state index in [2.05, 4.69) is 10.3 Å². The van der Waals surface area contributed by atoms with Crippen molar-refractivity contribution in [2.75, 3.05) is 18.1 Å². The maximum Gasteiger partial charge on any atom is 0.234 e. The van der Waals surface area contributed by atoms with Gasteiger partial charge in [-0.1, -0.05) is 19.1 Å². The molecule has 0 saturated carbocycles. The van der Waals surface area contributed by atoms with Crippen LogP contribution in [-0.2, 0) is 4.79 Å². The van der Waals surface area contributed by atoms with E-state index >= 15 is 0 Å². The average molecular weight is 266 g/mol. The maximum absolute atomic E-state index is 13.5. The standard InChI is InChI=1S/C13H15FN2OS/c1-8-7-15-13(18-2)11(8)12(17)16-10-6-4-3-5-9(10)14/h3-6,8,11H,7H2,1-2H3,(H,16,17). The Hall–Kier alpha value is -1.36. The lowest BCUT2D eigenvalue weighted by molar-refractivity contribution is -0.118. The Balaban J connectivity index is 2.13. The van der Waals surface area contributed by atoms with Crippen molar-refractivity contribution in [1.29, 1.82) is 0 Å². The molecule has 3 nitrogen and oxygen atoms in total. The van der Waals surface area contributed by atoms with E-state index in [-0.39, 0.29) is 23.4 Å². The Morgan fingerprint density at radius 1 is 1.50 bits per heavy atom. The summed E-state index contributed by atoms with van der Waals surface area (Å²) in [4.78, 5) is 16.5. The van der Waals surface area contributed by atoms with Gasteiger partial charge in [0.1, 0.15) is 5.82 Å². The zero-order valence-electron chi connectivity index (χ0n) is 10.3. The van der Waals surface area contributed by atoms with Crippen molar-refractivity contribution in [1.82, 2.24) is 0 Å². The molecule has 2 atom stereocenters. The zero-order chi connectivity index (χ0) is 13.1. The quantitative estimate of drug-likeness (QED) is 0.894. The molecule has 2 rings (SSSR count). The van der Waals surface area contributed by atoms with Crippen molar-refractivity contribution in [2.24, 2.45) is 16.8 Å². The van der Waals surface area contributed by atoms with Gasteiger partial charge in [0.25, 0.3) is 0 Å². The van der Waals surface area contributed by atoms with Crippen LogP contribution in [-0.4, -0.2) is 23.8 Å². The van der Waals surface area contributed by atoms with Gasteiger partial charge < -0.3 is 5.32 Å². The Kier molecular flexibility index (Phi) is 4.01. The van der Waals surface area contributed by atoms with Gasteiger partial charge in [0.05, 0.1) is 16.6 Å². The van der Waals surface area contributed by atoms with Gasteiger partial charge in [0.15, 0.2) is 0 Å². The van der Waals surface area contributed by atoms with Crippen LogP contribution in [0.4, 0.5) is 10.1 Å². The molecule has 0 bridgehead atoms. The second-order valence-corrected chi connectivity index (χ2v) is 5.13. The molecule has 5 heteroatoms. The summed E-state index contributed by atoms with van der Waals surface area (Å²) in [6.45, 7) is 2.64. The summed E-state index contributed by atoms with van der Waals surface area (Å²) in [6, 6.07) is 6.18. The van der Waals surface area contributed by atoms with Gasteiger partial charge in [-0.3, -0.25) is 9.79 Å². The van der Waals surface area contributed by atoms with E-state index in [0.29, 0.717) is 6.54 Å². The Morgan fingerprint density at radius 3 is 2.89 bits per heavy atom. The number of rotatable bonds is 2. The molecule has 1 amide bonds. The van der Waals surface area contributed by atoms with Crippen LogP contribution in [0.1, 0.15) is 6.92 Å².